The fourth-order valence-corrected chi connectivity index (χ4v) is 2.48. The highest BCUT2D eigenvalue weighted by molar-refractivity contribution is 5.87. The molecule has 2 rings (SSSR count). The van der Waals surface area contributed by atoms with Crippen LogP contribution in [0, 0.1) is 0 Å². The first-order valence-corrected chi connectivity index (χ1v) is 8.56. The number of hydrogen-bond donors (Lipinski definition) is 6. The largest absolute Gasteiger partial charge is 0.508 e. The van der Waals surface area contributed by atoms with Gasteiger partial charge in [0.1, 0.15) is 42.9 Å². The van der Waals surface area contributed by atoms with Gasteiger partial charge in [-0.1, -0.05) is 12.1 Å². The minimum absolute atomic E-state index is 0.0521. The average Bonchev–Trinajstić information content (AvgIpc) is 2.68. The Bertz CT molecular complexity index is 662. The summed E-state index contributed by atoms with van der Waals surface area (Å²) in [4.78, 5) is 11.6. The van der Waals surface area contributed by atoms with E-state index < -0.39 is 62.6 Å². The quantitative estimate of drug-likeness (QED) is 0.215. The van der Waals surface area contributed by atoms with Crippen molar-refractivity contribution in [3.05, 3.63) is 35.9 Å². The number of carbonyl (C=O) groups excluding carboxylic acids is 1. The monoisotopic (exact) mass is 400 g/mol. The first-order valence-electron chi connectivity index (χ1n) is 8.56. The summed E-state index contributed by atoms with van der Waals surface area (Å²) in [6, 6.07) is 6.22. The van der Waals surface area contributed by atoms with Gasteiger partial charge in [-0.15, -0.1) is 0 Å². The first-order chi connectivity index (χ1) is 13.3. The molecule has 0 aliphatic carbocycles. The Balaban J connectivity index is 1.74. The third kappa shape index (κ3) is 6.24. The molecule has 10 nitrogen and oxygen atoms in total. The van der Waals surface area contributed by atoms with Crippen LogP contribution in [-0.4, -0.2) is 93.2 Å². The SMILES string of the molecule is O=C(C=Cc1cccc(O)c1)OC[C@@H](O)COC1OC(CO)C(O)C(O)C1O. The number of rotatable bonds is 8. The molecule has 0 saturated carbocycles. The van der Waals surface area contributed by atoms with E-state index in [-0.39, 0.29) is 5.75 Å². The van der Waals surface area contributed by atoms with E-state index in [1.165, 1.54) is 18.2 Å². The minimum Gasteiger partial charge on any atom is -0.508 e. The van der Waals surface area contributed by atoms with Crippen LogP contribution in [0.25, 0.3) is 6.08 Å². The lowest BCUT2D eigenvalue weighted by atomic mass is 9.99. The maximum Gasteiger partial charge on any atom is 0.330 e. The molecule has 0 amide bonds. The van der Waals surface area contributed by atoms with Crippen molar-refractivity contribution in [2.24, 2.45) is 0 Å². The van der Waals surface area contributed by atoms with Gasteiger partial charge < -0.3 is 44.8 Å². The van der Waals surface area contributed by atoms with Crippen LogP contribution in [-0.2, 0) is 19.0 Å². The van der Waals surface area contributed by atoms with Crippen molar-refractivity contribution < 1.29 is 49.6 Å². The van der Waals surface area contributed by atoms with Gasteiger partial charge in [-0.2, -0.15) is 0 Å². The molecule has 1 aromatic carbocycles. The van der Waals surface area contributed by atoms with Gasteiger partial charge in [-0.25, -0.2) is 4.79 Å². The van der Waals surface area contributed by atoms with Gasteiger partial charge in [0, 0.05) is 6.08 Å². The summed E-state index contributed by atoms with van der Waals surface area (Å²) < 4.78 is 15.1. The molecule has 5 unspecified atom stereocenters. The second-order valence-electron chi connectivity index (χ2n) is 6.24. The Kier molecular flexibility index (Phi) is 8.33. The third-order valence-electron chi connectivity index (χ3n) is 4.00. The zero-order valence-electron chi connectivity index (χ0n) is 14.9. The minimum atomic E-state index is -1.59. The molecular formula is C18H24O10. The van der Waals surface area contributed by atoms with E-state index in [4.69, 9.17) is 19.3 Å². The van der Waals surface area contributed by atoms with Crippen LogP contribution in [0.2, 0.25) is 0 Å². The molecule has 1 aliphatic heterocycles. The number of benzene rings is 1. The molecule has 1 heterocycles. The maximum atomic E-state index is 11.6. The van der Waals surface area contributed by atoms with Crippen molar-refractivity contribution in [2.45, 2.75) is 36.8 Å². The van der Waals surface area contributed by atoms with Crippen LogP contribution in [0.4, 0.5) is 0 Å². The van der Waals surface area contributed by atoms with E-state index in [9.17, 15) is 30.3 Å². The zero-order chi connectivity index (χ0) is 20.7. The smallest absolute Gasteiger partial charge is 0.330 e. The van der Waals surface area contributed by atoms with Crippen molar-refractivity contribution >= 4 is 12.0 Å². The predicted molar refractivity (Wildman–Crippen MR) is 93.8 cm³/mol. The lowest BCUT2D eigenvalue weighted by Crippen LogP contribution is -2.59. The number of carbonyl (C=O) groups is 1. The van der Waals surface area contributed by atoms with E-state index in [1.54, 1.807) is 12.1 Å². The molecule has 10 heteroatoms. The highest BCUT2D eigenvalue weighted by Gasteiger charge is 2.44. The van der Waals surface area contributed by atoms with Crippen LogP contribution >= 0.6 is 0 Å². The molecule has 1 aromatic rings. The van der Waals surface area contributed by atoms with Crippen LogP contribution in [0.5, 0.6) is 5.75 Å². The molecule has 1 aliphatic rings. The lowest BCUT2D eigenvalue weighted by molar-refractivity contribution is -0.304. The van der Waals surface area contributed by atoms with Gasteiger partial charge in [-0.3, -0.25) is 0 Å². The molecule has 0 bridgehead atoms. The van der Waals surface area contributed by atoms with E-state index in [0.717, 1.165) is 6.08 Å². The normalized spacial score (nSPS) is 29.0. The highest BCUT2D eigenvalue weighted by atomic mass is 16.7. The topological polar surface area (TPSA) is 166 Å². The Morgan fingerprint density at radius 1 is 1.18 bits per heavy atom. The second kappa shape index (κ2) is 10.5. The average molecular weight is 400 g/mol. The van der Waals surface area contributed by atoms with Crippen molar-refractivity contribution in [3.63, 3.8) is 0 Å². The second-order valence-corrected chi connectivity index (χ2v) is 6.24. The van der Waals surface area contributed by atoms with Crippen molar-refractivity contribution in [3.8, 4) is 5.75 Å². The van der Waals surface area contributed by atoms with Gasteiger partial charge in [-0.05, 0) is 23.8 Å². The molecule has 156 valence electrons. The molecule has 0 aromatic heterocycles. The molecule has 6 atom stereocenters. The van der Waals surface area contributed by atoms with E-state index in [1.807, 2.05) is 0 Å². The van der Waals surface area contributed by atoms with Crippen molar-refractivity contribution in [2.75, 3.05) is 19.8 Å². The van der Waals surface area contributed by atoms with Gasteiger partial charge >= 0.3 is 5.97 Å². The zero-order valence-corrected chi connectivity index (χ0v) is 14.9. The molecule has 0 radical (unpaired) electrons. The van der Waals surface area contributed by atoms with Gasteiger partial charge in [0.15, 0.2) is 6.29 Å². The van der Waals surface area contributed by atoms with Crippen molar-refractivity contribution in [1.82, 2.24) is 0 Å². The number of phenolic OH excluding ortho intramolecular Hbond substituents is 1. The number of phenols is 1. The molecule has 1 saturated heterocycles. The number of ether oxygens (including phenoxy) is 3. The number of aliphatic hydroxyl groups is 5. The summed E-state index contributed by atoms with van der Waals surface area (Å²) in [5, 5.41) is 57.4. The number of hydrogen-bond acceptors (Lipinski definition) is 10. The number of esters is 1. The third-order valence-corrected chi connectivity index (χ3v) is 4.00. The van der Waals surface area contributed by atoms with Crippen molar-refractivity contribution in [1.29, 1.82) is 0 Å². The lowest BCUT2D eigenvalue weighted by Gasteiger charge is -2.39. The first kappa shape index (κ1) is 22.2. The molecule has 0 spiro atoms. The Morgan fingerprint density at radius 2 is 1.93 bits per heavy atom. The molecule has 28 heavy (non-hydrogen) atoms. The molecule has 6 N–H and O–H groups in total. The van der Waals surface area contributed by atoms with Crippen LogP contribution < -0.4 is 0 Å². The van der Waals surface area contributed by atoms with Crippen LogP contribution in [0.1, 0.15) is 5.56 Å². The van der Waals surface area contributed by atoms with Gasteiger partial charge in [0.05, 0.1) is 13.2 Å². The summed E-state index contributed by atoms with van der Waals surface area (Å²) in [7, 11) is 0. The van der Waals surface area contributed by atoms with E-state index in [2.05, 4.69) is 0 Å². The van der Waals surface area contributed by atoms with Gasteiger partial charge in [0.25, 0.3) is 0 Å². The standard InChI is InChI=1S/C18H24O10/c19-7-13-15(23)16(24)17(25)18(28-13)27-9-12(21)8-26-14(22)5-4-10-2-1-3-11(20)6-10/h1-6,12-13,15-21,23-25H,7-9H2/t12-,13?,15?,16?,17?,18?/m1/s1. The molecular weight excluding hydrogens is 376 g/mol. The van der Waals surface area contributed by atoms with Gasteiger partial charge in [0.2, 0.25) is 0 Å². The number of aliphatic hydroxyl groups excluding tert-OH is 5. The fourth-order valence-electron chi connectivity index (χ4n) is 2.48. The summed E-state index contributed by atoms with van der Waals surface area (Å²) >= 11 is 0. The van der Waals surface area contributed by atoms with E-state index in [0.29, 0.717) is 5.56 Å². The summed E-state index contributed by atoms with van der Waals surface area (Å²) in [6.45, 7) is -1.40. The fraction of sp³-hybridized carbons (Fsp3) is 0.500. The predicted octanol–water partition coefficient (Wildman–Crippen LogP) is -1.87. The Morgan fingerprint density at radius 3 is 2.61 bits per heavy atom. The van der Waals surface area contributed by atoms with Crippen LogP contribution in [0.3, 0.4) is 0 Å². The number of aromatic hydroxyl groups is 1. The Hall–Kier alpha value is -2.05. The maximum absolute atomic E-state index is 11.6. The summed E-state index contributed by atoms with van der Waals surface area (Å²) in [6.07, 6.45) is -5.88. The van der Waals surface area contributed by atoms with Crippen LogP contribution in [0.15, 0.2) is 30.3 Å². The highest BCUT2D eigenvalue weighted by Crippen LogP contribution is 2.22. The van der Waals surface area contributed by atoms with E-state index >= 15 is 0 Å². The Labute approximate surface area is 160 Å². The summed E-state index contributed by atoms with van der Waals surface area (Å²) in [5.74, 6) is -0.675. The summed E-state index contributed by atoms with van der Waals surface area (Å²) in [5.41, 5.74) is 0.587. The molecule has 1 fully saturated rings.